The lowest BCUT2D eigenvalue weighted by molar-refractivity contribution is -1.19. The summed E-state index contributed by atoms with van der Waals surface area (Å²) in [6.45, 7) is 9.12. The number of H-pyrrole nitrogens is 1. The Kier molecular flexibility index (Phi) is 3.76. The Balaban J connectivity index is 1.57. The Hall–Kier alpha value is -1.36. The van der Waals surface area contributed by atoms with Crippen molar-refractivity contribution in [3.8, 4) is 0 Å². The van der Waals surface area contributed by atoms with Gasteiger partial charge in [-0.15, -0.1) is 0 Å². The molecule has 0 atom stereocenters. The minimum Gasteiger partial charge on any atom is -0.391 e. The molecule has 6 rings (SSSR count). The molecule has 0 unspecified atom stereocenters. The summed E-state index contributed by atoms with van der Waals surface area (Å²) in [5, 5.41) is 12.8. The number of rotatable bonds is 5. The second-order valence-corrected chi connectivity index (χ2v) is 9.37. The fourth-order valence-corrected chi connectivity index (χ4v) is 7.19. The molecule has 0 amide bonds. The van der Waals surface area contributed by atoms with Crippen molar-refractivity contribution in [2.24, 2.45) is 10.8 Å². The molecule has 2 aromatic rings. The van der Waals surface area contributed by atoms with Gasteiger partial charge in [0, 0.05) is 17.1 Å². The van der Waals surface area contributed by atoms with E-state index in [0.717, 1.165) is 26.2 Å². The molecular weight excluding hydrogens is 322 g/mol. The Labute approximate surface area is 156 Å². The maximum absolute atomic E-state index is 11.4. The predicted molar refractivity (Wildman–Crippen MR) is 103 cm³/mol. The van der Waals surface area contributed by atoms with Crippen molar-refractivity contribution in [2.75, 3.05) is 26.2 Å². The van der Waals surface area contributed by atoms with Crippen LogP contribution in [0, 0.1) is 10.8 Å². The summed E-state index contributed by atoms with van der Waals surface area (Å²) in [5.74, 6) is 0. The van der Waals surface area contributed by atoms with E-state index in [1.165, 1.54) is 42.1 Å². The largest absolute Gasteiger partial charge is 0.391 e. The van der Waals surface area contributed by atoms with Crippen molar-refractivity contribution in [1.82, 2.24) is 4.98 Å². The van der Waals surface area contributed by atoms with E-state index < -0.39 is 0 Å². The molecule has 140 valence electrons. The lowest BCUT2D eigenvalue weighted by Crippen LogP contribution is -3.41. The van der Waals surface area contributed by atoms with Crippen molar-refractivity contribution in [1.29, 1.82) is 0 Å². The van der Waals surface area contributed by atoms with Gasteiger partial charge in [-0.1, -0.05) is 44.9 Å². The monoisotopic (exact) mass is 355 g/mol. The number of aliphatic hydroxyl groups is 1. The van der Waals surface area contributed by atoms with Crippen molar-refractivity contribution >= 4 is 10.9 Å². The van der Waals surface area contributed by atoms with Crippen molar-refractivity contribution in [3.63, 3.8) is 0 Å². The van der Waals surface area contributed by atoms with Crippen LogP contribution in [0.25, 0.3) is 10.9 Å². The van der Waals surface area contributed by atoms with Crippen LogP contribution in [-0.2, 0) is 0 Å². The van der Waals surface area contributed by atoms with E-state index in [1.54, 1.807) is 9.80 Å². The third kappa shape index (κ3) is 2.12. The second-order valence-electron chi connectivity index (χ2n) is 9.37. The molecular formula is C22H33N3O+2. The van der Waals surface area contributed by atoms with Gasteiger partial charge in [-0.25, -0.2) is 0 Å². The first-order valence-corrected chi connectivity index (χ1v) is 10.6. The smallest absolute Gasteiger partial charge is 0.242 e. The molecule has 4 aliphatic heterocycles. The molecule has 4 saturated heterocycles. The third-order valence-corrected chi connectivity index (χ3v) is 7.72. The van der Waals surface area contributed by atoms with Gasteiger partial charge in [0.15, 0.2) is 0 Å². The van der Waals surface area contributed by atoms with E-state index in [1.807, 2.05) is 0 Å². The average Bonchev–Trinajstić information content (AvgIpc) is 3.03. The zero-order chi connectivity index (χ0) is 17.9. The van der Waals surface area contributed by atoms with E-state index in [4.69, 9.17) is 0 Å². The van der Waals surface area contributed by atoms with Crippen LogP contribution in [0.1, 0.15) is 51.3 Å². The van der Waals surface area contributed by atoms with E-state index >= 15 is 0 Å². The van der Waals surface area contributed by atoms with Crippen LogP contribution in [0.15, 0.2) is 30.5 Å². The van der Waals surface area contributed by atoms with Crippen LogP contribution in [-0.4, -0.2) is 42.4 Å². The first-order valence-electron chi connectivity index (χ1n) is 10.6. The molecule has 4 bridgehead atoms. The molecule has 4 aliphatic rings. The SMILES string of the molecule is CCCC12C[NH+]3CC(CCC)(C[NH+](C1)C3c1c[nH]c3ccccc13)C2O. The predicted octanol–water partition coefficient (Wildman–Crippen LogP) is 0.911. The molecule has 5 heterocycles. The number of benzene rings is 1. The first-order chi connectivity index (χ1) is 12.6. The average molecular weight is 356 g/mol. The summed E-state index contributed by atoms with van der Waals surface area (Å²) in [7, 11) is 0. The lowest BCUT2D eigenvalue weighted by atomic mass is 9.56. The molecule has 26 heavy (non-hydrogen) atoms. The molecule has 4 N–H and O–H groups in total. The van der Waals surface area contributed by atoms with Gasteiger partial charge in [0.2, 0.25) is 6.17 Å². The number of nitrogens with one attached hydrogen (secondary N) is 3. The van der Waals surface area contributed by atoms with Crippen LogP contribution < -0.4 is 9.80 Å². The van der Waals surface area contributed by atoms with Crippen LogP contribution in [0.3, 0.4) is 0 Å². The molecule has 1 aromatic carbocycles. The summed E-state index contributed by atoms with van der Waals surface area (Å²) in [6, 6.07) is 8.73. The molecule has 1 aromatic heterocycles. The quantitative estimate of drug-likeness (QED) is 0.633. The Morgan fingerprint density at radius 2 is 1.58 bits per heavy atom. The normalized spacial score (nSPS) is 41.2. The zero-order valence-electron chi connectivity index (χ0n) is 16.1. The summed E-state index contributed by atoms with van der Waals surface area (Å²) in [6.07, 6.45) is 7.38. The number of para-hydroxylation sites is 1. The van der Waals surface area contributed by atoms with Crippen LogP contribution >= 0.6 is 0 Å². The van der Waals surface area contributed by atoms with E-state index in [0.29, 0.717) is 6.17 Å². The molecule has 4 nitrogen and oxygen atoms in total. The number of aromatic amines is 1. The number of piperidine rings is 2. The summed E-state index contributed by atoms with van der Waals surface area (Å²) < 4.78 is 0. The topological polar surface area (TPSA) is 44.9 Å². The fourth-order valence-electron chi connectivity index (χ4n) is 7.19. The maximum Gasteiger partial charge on any atom is 0.242 e. The number of hydrogen-bond donors (Lipinski definition) is 4. The standard InChI is InChI=1S/C22H31N3O/c1-3-9-21-12-24-14-22(10-4-2,20(21)26)15-25(13-21)19(24)17-11-23-18-8-6-5-7-16(17)18/h5-8,11,19-20,23,26H,3-4,9-10,12-15H2,1-2H3/p+2. The van der Waals surface area contributed by atoms with E-state index in [9.17, 15) is 5.11 Å². The van der Waals surface area contributed by atoms with Gasteiger partial charge in [-0.3, -0.25) is 9.80 Å². The van der Waals surface area contributed by atoms with Gasteiger partial charge >= 0.3 is 0 Å². The Morgan fingerprint density at radius 3 is 2.15 bits per heavy atom. The van der Waals surface area contributed by atoms with Gasteiger partial charge in [-0.05, 0) is 18.9 Å². The van der Waals surface area contributed by atoms with Crippen molar-refractivity contribution in [3.05, 3.63) is 36.0 Å². The highest BCUT2D eigenvalue weighted by Gasteiger charge is 2.70. The third-order valence-electron chi connectivity index (χ3n) is 7.72. The number of hydrogen-bond acceptors (Lipinski definition) is 1. The summed E-state index contributed by atoms with van der Waals surface area (Å²) >= 11 is 0. The minimum absolute atomic E-state index is 0.105. The lowest BCUT2D eigenvalue weighted by Gasteiger charge is -2.64. The minimum atomic E-state index is -0.105. The van der Waals surface area contributed by atoms with Crippen LogP contribution in [0.2, 0.25) is 0 Å². The summed E-state index contributed by atoms with van der Waals surface area (Å²) in [5.41, 5.74) is 3.00. The highest BCUT2D eigenvalue weighted by molar-refractivity contribution is 5.83. The Morgan fingerprint density at radius 1 is 1.00 bits per heavy atom. The van der Waals surface area contributed by atoms with Crippen LogP contribution in [0.5, 0.6) is 0 Å². The molecule has 0 aliphatic carbocycles. The molecule has 0 radical (unpaired) electrons. The fraction of sp³-hybridized carbons (Fsp3) is 0.636. The molecule has 0 spiro atoms. The zero-order valence-corrected chi connectivity index (χ0v) is 16.1. The number of quaternary nitrogens is 2. The molecule has 0 saturated carbocycles. The van der Waals surface area contributed by atoms with Crippen molar-refractivity contribution in [2.45, 2.75) is 51.8 Å². The maximum atomic E-state index is 11.4. The van der Waals surface area contributed by atoms with Gasteiger partial charge in [0.05, 0.1) is 48.7 Å². The number of aromatic nitrogens is 1. The highest BCUT2D eigenvalue weighted by Crippen LogP contribution is 2.45. The van der Waals surface area contributed by atoms with Gasteiger partial charge in [-0.2, -0.15) is 0 Å². The van der Waals surface area contributed by atoms with Crippen LogP contribution in [0.4, 0.5) is 0 Å². The van der Waals surface area contributed by atoms with Crippen molar-refractivity contribution < 1.29 is 14.9 Å². The van der Waals surface area contributed by atoms with Gasteiger partial charge < -0.3 is 10.1 Å². The molecule has 4 heteroatoms. The van der Waals surface area contributed by atoms with Gasteiger partial charge in [0.1, 0.15) is 0 Å². The second kappa shape index (κ2) is 5.82. The Bertz CT molecular complexity index is 771. The highest BCUT2D eigenvalue weighted by atomic mass is 16.3. The number of aliphatic hydroxyl groups excluding tert-OH is 1. The first kappa shape index (κ1) is 16.8. The number of fused-ring (bicyclic) bond motifs is 1. The molecule has 4 fully saturated rings. The van der Waals surface area contributed by atoms with Gasteiger partial charge in [0.25, 0.3) is 0 Å². The van der Waals surface area contributed by atoms with E-state index in [2.05, 4.69) is 49.3 Å². The summed E-state index contributed by atoms with van der Waals surface area (Å²) in [4.78, 5) is 6.93. The van der Waals surface area contributed by atoms with E-state index in [-0.39, 0.29) is 16.9 Å².